The molecule has 1 amide bonds. The molecule has 0 aromatic carbocycles. The zero-order chi connectivity index (χ0) is 40.8. The number of piperidine rings is 1. The quantitative estimate of drug-likeness (QED) is 0.155. The fraction of sp³-hybridized carbons (Fsp3) is 0.810. The highest BCUT2D eigenvalue weighted by Crippen LogP contribution is 2.38. The number of ketones is 2. The van der Waals surface area contributed by atoms with Crippen LogP contribution in [0.15, 0.2) is 23.3 Å². The zero-order valence-electron chi connectivity index (χ0n) is 34.3. The number of alkyl halides is 1. The van der Waals surface area contributed by atoms with Crippen LogP contribution in [0.5, 0.6) is 0 Å². The van der Waals surface area contributed by atoms with Crippen LogP contribution in [0.4, 0.5) is 0 Å². The average Bonchev–Trinajstić information content (AvgIpc) is 3.16. The summed E-state index contributed by atoms with van der Waals surface area (Å²) in [7, 11) is 4.60. The molecule has 13 heteroatoms. The van der Waals surface area contributed by atoms with Gasteiger partial charge in [-0.05, 0) is 89.0 Å². The van der Waals surface area contributed by atoms with Gasteiger partial charge < -0.3 is 38.8 Å². The van der Waals surface area contributed by atoms with Crippen molar-refractivity contribution in [2.45, 2.75) is 160 Å². The van der Waals surface area contributed by atoms with Gasteiger partial charge in [0.05, 0.1) is 35.7 Å². The zero-order valence-corrected chi connectivity index (χ0v) is 35.1. The summed E-state index contributed by atoms with van der Waals surface area (Å²) in [6, 6.07) is -1.14. The Kier molecular flexibility index (Phi) is 16.5. The molecule has 0 aromatic rings. The lowest BCUT2D eigenvalue weighted by Gasteiger charge is -2.47. The summed E-state index contributed by atoms with van der Waals surface area (Å²) in [5.74, 6) is -7.58. The van der Waals surface area contributed by atoms with E-state index in [4.69, 9.17) is 35.3 Å². The summed E-state index contributed by atoms with van der Waals surface area (Å²) in [6.45, 7) is 11.2. The van der Waals surface area contributed by atoms with Crippen molar-refractivity contribution in [3.05, 3.63) is 23.3 Å². The third-order valence-electron chi connectivity index (χ3n) is 12.5. The SMILES string of the molecule is CC[C@@H]1C=C(C)C[C@@H](C)C[C@H](OC)[C@H]2O[C@@](O)(C(=O)[C@H](C)[C@@H]2OC)C(=O)N2CCCC[C@H]2C(=O)O[C@H](/C(C)=C/[C@@H]2CC[C@H](Cl)[C@H](OC)C2)[C@H](C)[C@@H](O)CC1=O. The van der Waals surface area contributed by atoms with Gasteiger partial charge in [-0.3, -0.25) is 14.4 Å². The molecule has 4 rings (SSSR count). The number of hydrogen-bond donors (Lipinski definition) is 2. The van der Waals surface area contributed by atoms with Gasteiger partial charge in [0.2, 0.25) is 5.78 Å². The molecule has 2 N–H and O–H groups in total. The van der Waals surface area contributed by atoms with Crippen LogP contribution in [-0.4, -0.2) is 120 Å². The van der Waals surface area contributed by atoms with Crippen LogP contribution in [0.3, 0.4) is 0 Å². The van der Waals surface area contributed by atoms with Gasteiger partial charge in [-0.1, -0.05) is 45.4 Å². The number of nitrogens with zero attached hydrogens (tertiary/aromatic N) is 1. The molecular weight excluding hydrogens is 730 g/mol. The van der Waals surface area contributed by atoms with E-state index in [-0.39, 0.29) is 48.5 Å². The number of amides is 1. The average molecular weight is 796 g/mol. The Hall–Kier alpha value is -2.19. The van der Waals surface area contributed by atoms with Crippen molar-refractivity contribution in [3.8, 4) is 0 Å². The molecule has 0 radical (unpaired) electrons. The van der Waals surface area contributed by atoms with Crippen molar-refractivity contribution in [1.29, 1.82) is 0 Å². The number of fused-ring (bicyclic) bond motifs is 3. The summed E-state index contributed by atoms with van der Waals surface area (Å²) in [6.07, 6.45) is 4.34. The summed E-state index contributed by atoms with van der Waals surface area (Å²) >= 11 is 6.52. The minimum atomic E-state index is -2.89. The number of aliphatic hydroxyl groups excluding tert-OH is 1. The van der Waals surface area contributed by atoms with Crippen LogP contribution >= 0.6 is 11.6 Å². The minimum Gasteiger partial charge on any atom is -0.456 e. The van der Waals surface area contributed by atoms with Crippen molar-refractivity contribution in [1.82, 2.24) is 4.90 Å². The Morgan fingerprint density at radius 1 is 1.00 bits per heavy atom. The van der Waals surface area contributed by atoms with Crippen molar-refractivity contribution < 1.29 is 53.1 Å². The van der Waals surface area contributed by atoms with E-state index in [0.29, 0.717) is 44.1 Å². The summed E-state index contributed by atoms with van der Waals surface area (Å²) < 4.78 is 29.8. The second-order valence-electron chi connectivity index (χ2n) is 16.7. The third-order valence-corrected chi connectivity index (χ3v) is 13.0. The molecule has 0 unspecified atom stereocenters. The number of rotatable bonds is 6. The molecular formula is C42H66ClNO11. The maximum atomic E-state index is 14.5. The van der Waals surface area contributed by atoms with Gasteiger partial charge >= 0.3 is 11.8 Å². The Morgan fingerprint density at radius 2 is 1.69 bits per heavy atom. The first kappa shape index (κ1) is 45.5. The molecule has 4 aliphatic rings. The highest BCUT2D eigenvalue weighted by molar-refractivity contribution is 6.21. The predicted molar refractivity (Wildman–Crippen MR) is 207 cm³/mol. The predicted octanol–water partition coefficient (Wildman–Crippen LogP) is 5.33. The second kappa shape index (κ2) is 20.0. The van der Waals surface area contributed by atoms with Crippen molar-refractivity contribution in [2.75, 3.05) is 27.9 Å². The molecule has 312 valence electrons. The second-order valence-corrected chi connectivity index (χ2v) is 17.2. The molecule has 0 aromatic heterocycles. The lowest BCUT2D eigenvalue weighted by Crippen LogP contribution is -2.69. The van der Waals surface area contributed by atoms with Gasteiger partial charge in [0.1, 0.15) is 24.0 Å². The molecule has 2 saturated heterocycles. The molecule has 2 bridgehead atoms. The lowest BCUT2D eigenvalue weighted by atomic mass is 9.81. The molecule has 12 nitrogen and oxygen atoms in total. The Morgan fingerprint density at radius 3 is 2.33 bits per heavy atom. The van der Waals surface area contributed by atoms with E-state index in [1.54, 1.807) is 21.0 Å². The Bertz CT molecular complexity index is 1420. The van der Waals surface area contributed by atoms with Crippen LogP contribution in [0, 0.1) is 29.6 Å². The molecule has 55 heavy (non-hydrogen) atoms. The normalized spacial score (nSPS) is 40.9. The molecule has 1 aliphatic carbocycles. The number of hydrogen-bond acceptors (Lipinski definition) is 11. The first-order chi connectivity index (χ1) is 26.0. The topological polar surface area (TPSA) is 158 Å². The Balaban J connectivity index is 1.79. The summed E-state index contributed by atoms with van der Waals surface area (Å²) in [4.78, 5) is 57.7. The van der Waals surface area contributed by atoms with Crippen LogP contribution in [0.2, 0.25) is 0 Å². The fourth-order valence-electron chi connectivity index (χ4n) is 9.25. The molecule has 0 spiro atoms. The molecule has 14 atom stereocenters. The van der Waals surface area contributed by atoms with Crippen molar-refractivity contribution in [2.24, 2.45) is 29.6 Å². The number of esters is 1. The minimum absolute atomic E-state index is 0.0123. The summed E-state index contributed by atoms with van der Waals surface area (Å²) in [5, 5.41) is 23.6. The highest BCUT2D eigenvalue weighted by Gasteiger charge is 2.60. The van der Waals surface area contributed by atoms with E-state index in [0.717, 1.165) is 18.4 Å². The van der Waals surface area contributed by atoms with E-state index in [9.17, 15) is 29.4 Å². The van der Waals surface area contributed by atoms with E-state index in [2.05, 4.69) is 0 Å². The number of carbonyl (C=O) groups excluding carboxylic acids is 4. The van der Waals surface area contributed by atoms with E-state index >= 15 is 0 Å². The van der Waals surface area contributed by atoms with Gasteiger partial charge in [0, 0.05) is 46.1 Å². The number of Topliss-reactive ketones (excluding diaryl/α,β-unsaturated/α-hetero) is 2. The number of ether oxygens (including phenoxy) is 5. The van der Waals surface area contributed by atoms with E-state index < -0.39 is 77.8 Å². The fourth-order valence-corrected chi connectivity index (χ4v) is 9.58. The standard InChI is InChI=1S/C42H66ClNO11/c1-10-29-18-23(2)17-24(3)19-35(52-8)38-37(53-9)27(6)39(47)42(50,55-38)41(49)44-16-12-11-13-31(44)40(48)54-36(26(5)32(45)22-33(29)46)25(4)20-28-14-15-30(43)34(21-28)51-7/h18,20,24,26-32,34-38,45,50H,10-17,19,21-22H2,1-9H3/b23-18?,25-20+/t24-,26-,27-,28+,29-,30+,31+,32+,34-,35+,36-,37+,38-,42+/m1/s1. The van der Waals surface area contributed by atoms with Crippen LogP contribution in [0.25, 0.3) is 0 Å². The van der Waals surface area contributed by atoms with Crippen LogP contribution < -0.4 is 0 Å². The van der Waals surface area contributed by atoms with Crippen LogP contribution in [0.1, 0.15) is 106 Å². The van der Waals surface area contributed by atoms with Gasteiger partial charge in [-0.15, -0.1) is 11.6 Å². The maximum Gasteiger partial charge on any atom is 0.329 e. The summed E-state index contributed by atoms with van der Waals surface area (Å²) in [5.41, 5.74) is 1.69. The smallest absolute Gasteiger partial charge is 0.329 e. The molecule has 3 aliphatic heterocycles. The van der Waals surface area contributed by atoms with Crippen LogP contribution in [-0.2, 0) is 42.9 Å². The number of cyclic esters (lactones) is 1. The van der Waals surface area contributed by atoms with Gasteiger partial charge in [-0.2, -0.15) is 0 Å². The number of carbonyl (C=O) groups is 4. The lowest BCUT2D eigenvalue weighted by molar-refractivity contribution is -0.279. The Labute approximate surface area is 332 Å². The first-order valence-corrected chi connectivity index (χ1v) is 20.7. The molecule has 3 fully saturated rings. The van der Waals surface area contributed by atoms with E-state index in [1.165, 1.54) is 19.1 Å². The number of methoxy groups -OCH3 is 3. The number of halogens is 1. The largest absolute Gasteiger partial charge is 0.456 e. The first-order valence-electron chi connectivity index (χ1n) is 20.3. The van der Waals surface area contributed by atoms with Gasteiger partial charge in [0.25, 0.3) is 5.91 Å². The molecule has 3 heterocycles. The highest BCUT2D eigenvalue weighted by atomic mass is 35.5. The van der Waals surface area contributed by atoms with Crippen molar-refractivity contribution >= 4 is 35.0 Å². The molecule has 1 saturated carbocycles. The van der Waals surface area contributed by atoms with Crippen molar-refractivity contribution in [3.63, 3.8) is 0 Å². The van der Waals surface area contributed by atoms with Gasteiger partial charge in [-0.25, -0.2) is 4.79 Å². The van der Waals surface area contributed by atoms with E-state index in [1.807, 2.05) is 39.8 Å². The maximum absolute atomic E-state index is 14.5. The number of allylic oxidation sites excluding steroid dienone is 3. The third kappa shape index (κ3) is 10.5. The van der Waals surface area contributed by atoms with Gasteiger partial charge in [0.15, 0.2) is 0 Å². The monoisotopic (exact) mass is 795 g/mol. The number of aliphatic hydroxyl groups is 2.